The van der Waals surface area contributed by atoms with Gasteiger partial charge in [0.2, 0.25) is 11.4 Å². The van der Waals surface area contributed by atoms with Crippen LogP contribution in [0.4, 0.5) is 26.3 Å². The van der Waals surface area contributed by atoms with Crippen LogP contribution in [-0.4, -0.2) is 20.6 Å². The number of halogens is 6. The first kappa shape index (κ1) is 10.6. The van der Waals surface area contributed by atoms with E-state index in [0.717, 1.165) is 0 Å². The van der Waals surface area contributed by atoms with Crippen LogP contribution < -0.4 is 0 Å². The summed E-state index contributed by atoms with van der Waals surface area (Å²) < 4.78 is 71.5. The van der Waals surface area contributed by atoms with Crippen molar-refractivity contribution in [3.8, 4) is 0 Å². The van der Waals surface area contributed by atoms with Crippen LogP contribution >= 0.6 is 0 Å². The molecule has 4 nitrogen and oxygen atoms in total. The lowest BCUT2D eigenvalue weighted by molar-refractivity contribution is -0.169. The first-order valence-electron chi connectivity index (χ1n) is 2.93. The van der Waals surface area contributed by atoms with Crippen LogP contribution in [0.2, 0.25) is 0 Å². The van der Waals surface area contributed by atoms with Crippen molar-refractivity contribution in [2.45, 2.75) is 12.4 Å². The summed E-state index contributed by atoms with van der Waals surface area (Å²) in [5.41, 5.74) is -4.39. The van der Waals surface area contributed by atoms with Gasteiger partial charge >= 0.3 is 12.4 Å². The highest BCUT2D eigenvalue weighted by molar-refractivity contribution is 5.14. The zero-order valence-electron chi connectivity index (χ0n) is 6.06. The summed E-state index contributed by atoms with van der Waals surface area (Å²) in [6.07, 6.45) is -10.5. The quantitative estimate of drug-likeness (QED) is 0.616. The molecule has 1 rings (SSSR count). The summed E-state index contributed by atoms with van der Waals surface area (Å²) in [5, 5.41) is 9.28. The minimum absolute atomic E-state index is 2.19. The van der Waals surface area contributed by atoms with Gasteiger partial charge < -0.3 is 0 Å². The predicted molar refractivity (Wildman–Crippen MR) is 27.6 cm³/mol. The molecule has 0 aromatic carbocycles. The third kappa shape index (κ3) is 2.06. The van der Waals surface area contributed by atoms with Gasteiger partial charge in [0.05, 0.1) is 0 Å². The van der Waals surface area contributed by atoms with E-state index >= 15 is 0 Å². The maximum Gasteiger partial charge on any atom is 0.437 e. The van der Waals surface area contributed by atoms with Gasteiger partial charge in [-0.2, -0.15) is 26.3 Å². The lowest BCUT2D eigenvalue weighted by Crippen LogP contribution is -2.22. The molecule has 0 saturated heterocycles. The molecule has 0 saturated carbocycles. The molecule has 0 unspecified atom stereocenters. The average Bonchev–Trinajstić information content (AvgIpc) is 2.01. The van der Waals surface area contributed by atoms with E-state index in [-0.39, 0.29) is 0 Å². The van der Waals surface area contributed by atoms with E-state index in [9.17, 15) is 26.3 Å². The number of alkyl halides is 6. The van der Waals surface area contributed by atoms with Crippen molar-refractivity contribution in [1.82, 2.24) is 20.6 Å². The molecule has 0 N–H and O–H groups in total. The largest absolute Gasteiger partial charge is 0.437 e. The van der Waals surface area contributed by atoms with Crippen molar-refractivity contribution in [2.75, 3.05) is 0 Å². The highest BCUT2D eigenvalue weighted by Crippen LogP contribution is 2.36. The first-order chi connectivity index (χ1) is 6.23. The smallest absolute Gasteiger partial charge is 0.164 e. The lowest BCUT2D eigenvalue weighted by atomic mass is 10.3. The summed E-state index contributed by atoms with van der Waals surface area (Å²) in [5.74, 6) is 0. The van der Waals surface area contributed by atoms with Crippen LogP contribution in [0.1, 0.15) is 11.4 Å². The average molecular weight is 218 g/mol. The maximum absolute atomic E-state index is 11.9. The standard InChI is InChI=1S/C4F6N4/c5-3(6,7)1-2(4(8,9)10)12-14-13-11-1. The number of hydrogen-bond acceptors (Lipinski definition) is 4. The van der Waals surface area contributed by atoms with E-state index in [0.29, 0.717) is 0 Å². The van der Waals surface area contributed by atoms with E-state index in [4.69, 9.17) is 0 Å². The third-order valence-electron chi connectivity index (χ3n) is 1.09. The second-order valence-corrected chi connectivity index (χ2v) is 2.07. The van der Waals surface area contributed by atoms with E-state index in [1.807, 2.05) is 0 Å². The van der Waals surface area contributed by atoms with Crippen LogP contribution in [0, 0.1) is 0 Å². The van der Waals surface area contributed by atoms with Crippen LogP contribution in [0.15, 0.2) is 0 Å². The summed E-state index contributed by atoms with van der Waals surface area (Å²) in [6.45, 7) is 0. The van der Waals surface area contributed by atoms with Crippen LogP contribution in [0.3, 0.4) is 0 Å². The number of hydrogen-bond donors (Lipinski definition) is 0. The van der Waals surface area contributed by atoms with E-state index in [1.165, 1.54) is 0 Å². The van der Waals surface area contributed by atoms with Gasteiger partial charge in [-0.05, 0) is 10.4 Å². The van der Waals surface area contributed by atoms with E-state index < -0.39 is 23.7 Å². The molecule has 0 aliphatic rings. The SMILES string of the molecule is FC(F)(F)c1nnnnc1C(F)(F)F. The van der Waals surface area contributed by atoms with Gasteiger partial charge in [-0.3, -0.25) is 0 Å². The Balaban J connectivity index is 3.31. The number of rotatable bonds is 0. The molecule has 0 fully saturated rings. The molecule has 14 heavy (non-hydrogen) atoms. The Bertz CT molecular complexity index is 296. The molecule has 0 aliphatic carbocycles. The summed E-state index contributed by atoms with van der Waals surface area (Å²) in [4.78, 5) is 0. The van der Waals surface area contributed by atoms with Crippen LogP contribution in [0.25, 0.3) is 0 Å². The molecule has 0 aliphatic heterocycles. The third-order valence-corrected chi connectivity index (χ3v) is 1.09. The molecule has 0 bridgehead atoms. The van der Waals surface area contributed by atoms with Crippen molar-refractivity contribution in [3.05, 3.63) is 11.4 Å². The first-order valence-corrected chi connectivity index (χ1v) is 2.93. The molecule has 0 radical (unpaired) electrons. The summed E-state index contributed by atoms with van der Waals surface area (Å²) >= 11 is 0. The van der Waals surface area contributed by atoms with E-state index in [1.54, 1.807) is 0 Å². The highest BCUT2D eigenvalue weighted by Gasteiger charge is 2.47. The Morgan fingerprint density at radius 2 is 0.929 bits per heavy atom. The molecular formula is C4F6N4. The van der Waals surface area contributed by atoms with Gasteiger partial charge in [0.1, 0.15) is 0 Å². The van der Waals surface area contributed by atoms with Crippen molar-refractivity contribution in [3.63, 3.8) is 0 Å². The van der Waals surface area contributed by atoms with Gasteiger partial charge in [0.25, 0.3) is 0 Å². The van der Waals surface area contributed by atoms with Crippen molar-refractivity contribution >= 4 is 0 Å². The van der Waals surface area contributed by atoms with Gasteiger partial charge in [-0.15, -0.1) is 10.2 Å². The zero-order chi connectivity index (χ0) is 11.0. The molecule has 1 heterocycles. The minimum Gasteiger partial charge on any atom is -0.164 e. The fraction of sp³-hybridized carbons (Fsp3) is 0.500. The van der Waals surface area contributed by atoms with Crippen LogP contribution in [0.5, 0.6) is 0 Å². The molecule has 0 atom stereocenters. The highest BCUT2D eigenvalue weighted by atomic mass is 19.4. The van der Waals surface area contributed by atoms with Crippen LogP contribution in [-0.2, 0) is 12.4 Å². The molecule has 1 aromatic heterocycles. The Morgan fingerprint density at radius 1 is 0.643 bits per heavy atom. The monoisotopic (exact) mass is 218 g/mol. The molecule has 0 spiro atoms. The predicted octanol–water partition coefficient (Wildman–Crippen LogP) is 1.30. The topological polar surface area (TPSA) is 51.6 Å². The minimum atomic E-state index is -5.26. The van der Waals surface area contributed by atoms with Crippen molar-refractivity contribution < 1.29 is 26.3 Å². The summed E-state index contributed by atoms with van der Waals surface area (Å²) in [7, 11) is 0. The Labute approximate surface area is 71.9 Å². The van der Waals surface area contributed by atoms with Gasteiger partial charge in [-0.1, -0.05) is 0 Å². The number of aromatic nitrogens is 4. The molecule has 10 heteroatoms. The fourth-order valence-corrected chi connectivity index (χ4v) is 0.606. The second kappa shape index (κ2) is 3.03. The molecule has 78 valence electrons. The molecular weight excluding hydrogens is 218 g/mol. The second-order valence-electron chi connectivity index (χ2n) is 2.07. The Hall–Kier alpha value is -1.48. The van der Waals surface area contributed by atoms with Crippen molar-refractivity contribution in [2.24, 2.45) is 0 Å². The summed E-state index contributed by atoms with van der Waals surface area (Å²) in [6, 6.07) is 0. The van der Waals surface area contributed by atoms with E-state index in [2.05, 4.69) is 20.6 Å². The molecule has 1 aromatic rings. The fourth-order valence-electron chi connectivity index (χ4n) is 0.606. The van der Waals surface area contributed by atoms with Gasteiger partial charge in [0, 0.05) is 0 Å². The molecule has 0 amide bonds. The van der Waals surface area contributed by atoms with Gasteiger partial charge in [0.15, 0.2) is 0 Å². The normalized spacial score (nSPS) is 13.0. The number of nitrogens with zero attached hydrogens (tertiary/aromatic N) is 4. The maximum atomic E-state index is 11.9. The lowest BCUT2D eigenvalue weighted by Gasteiger charge is -2.10. The van der Waals surface area contributed by atoms with Gasteiger partial charge in [-0.25, -0.2) is 0 Å². The van der Waals surface area contributed by atoms with Crippen molar-refractivity contribution in [1.29, 1.82) is 0 Å². The zero-order valence-corrected chi connectivity index (χ0v) is 6.06. The Morgan fingerprint density at radius 3 is 1.14 bits per heavy atom. The Kier molecular flexibility index (Phi) is 2.29.